The summed E-state index contributed by atoms with van der Waals surface area (Å²) in [6.45, 7) is 2.81. The van der Waals surface area contributed by atoms with Gasteiger partial charge in [0.25, 0.3) is 0 Å². The molecule has 128 valence electrons. The van der Waals surface area contributed by atoms with Gasteiger partial charge in [0.2, 0.25) is 5.95 Å². The molecule has 0 aliphatic carbocycles. The van der Waals surface area contributed by atoms with E-state index in [1.165, 1.54) is 6.07 Å². The van der Waals surface area contributed by atoms with E-state index in [1.807, 2.05) is 31.1 Å². The topological polar surface area (TPSA) is 44.3 Å². The second-order valence-corrected chi connectivity index (χ2v) is 6.46. The van der Waals surface area contributed by atoms with E-state index in [-0.39, 0.29) is 5.82 Å². The Kier molecular flexibility index (Phi) is 5.25. The number of benzene rings is 1. The highest BCUT2D eigenvalue weighted by Crippen LogP contribution is 2.18. The van der Waals surface area contributed by atoms with Crippen LogP contribution in [0.25, 0.3) is 0 Å². The smallest absolute Gasteiger partial charge is 0.226 e. The van der Waals surface area contributed by atoms with Gasteiger partial charge in [0.1, 0.15) is 11.6 Å². The minimum absolute atomic E-state index is 0.162. The molecule has 0 unspecified atom stereocenters. The summed E-state index contributed by atoms with van der Waals surface area (Å²) < 4.78 is 13.3. The molecular formula is C18H24FN5. The zero-order chi connectivity index (χ0) is 16.9. The van der Waals surface area contributed by atoms with Gasteiger partial charge < -0.3 is 10.2 Å². The van der Waals surface area contributed by atoms with Gasteiger partial charge in [-0.2, -0.15) is 4.98 Å². The van der Waals surface area contributed by atoms with Gasteiger partial charge >= 0.3 is 0 Å². The standard InChI is InChI=1S/C18H24FN5/c1-23(2)18-20-9-6-17(22-18)21-16-7-10-24(11-8-16)13-14-4-3-5-15(19)12-14/h3-6,9,12,16H,7-8,10-11,13H2,1-2H3,(H,20,21,22). The molecule has 0 amide bonds. The Morgan fingerprint density at radius 2 is 2.04 bits per heavy atom. The molecule has 0 atom stereocenters. The summed E-state index contributed by atoms with van der Waals surface area (Å²) in [5.41, 5.74) is 1.04. The number of rotatable bonds is 5. The van der Waals surface area contributed by atoms with Crippen molar-refractivity contribution in [1.82, 2.24) is 14.9 Å². The van der Waals surface area contributed by atoms with Crippen LogP contribution in [0.1, 0.15) is 18.4 Å². The number of aromatic nitrogens is 2. The molecule has 24 heavy (non-hydrogen) atoms. The lowest BCUT2D eigenvalue weighted by atomic mass is 10.0. The van der Waals surface area contributed by atoms with E-state index < -0.39 is 0 Å². The number of nitrogens with zero attached hydrogens (tertiary/aromatic N) is 4. The summed E-state index contributed by atoms with van der Waals surface area (Å²) in [6, 6.07) is 9.19. The van der Waals surface area contributed by atoms with Crippen molar-refractivity contribution in [2.45, 2.75) is 25.4 Å². The molecular weight excluding hydrogens is 305 g/mol. The van der Waals surface area contributed by atoms with Gasteiger partial charge in [-0.15, -0.1) is 0 Å². The predicted molar refractivity (Wildman–Crippen MR) is 94.7 cm³/mol. The van der Waals surface area contributed by atoms with Crippen molar-refractivity contribution >= 4 is 11.8 Å². The van der Waals surface area contributed by atoms with Gasteiger partial charge in [0.15, 0.2) is 0 Å². The van der Waals surface area contributed by atoms with Crippen LogP contribution in [-0.4, -0.2) is 48.1 Å². The molecule has 1 aliphatic heterocycles. The minimum atomic E-state index is -0.162. The van der Waals surface area contributed by atoms with Crippen LogP contribution in [0.5, 0.6) is 0 Å². The van der Waals surface area contributed by atoms with Gasteiger partial charge in [0.05, 0.1) is 0 Å². The first-order chi connectivity index (χ1) is 11.6. The summed E-state index contributed by atoms with van der Waals surface area (Å²) in [7, 11) is 3.87. The van der Waals surface area contributed by atoms with Crippen molar-refractivity contribution in [3.05, 3.63) is 47.9 Å². The highest BCUT2D eigenvalue weighted by atomic mass is 19.1. The molecule has 0 saturated carbocycles. The molecule has 1 aliphatic rings. The monoisotopic (exact) mass is 329 g/mol. The summed E-state index contributed by atoms with van der Waals surface area (Å²) >= 11 is 0. The molecule has 0 spiro atoms. The second kappa shape index (κ2) is 7.57. The molecule has 1 saturated heterocycles. The molecule has 1 aromatic carbocycles. The van der Waals surface area contributed by atoms with E-state index >= 15 is 0 Å². The zero-order valence-corrected chi connectivity index (χ0v) is 14.2. The van der Waals surface area contributed by atoms with Gasteiger partial charge in [-0.25, -0.2) is 9.37 Å². The van der Waals surface area contributed by atoms with Crippen LogP contribution in [-0.2, 0) is 6.54 Å². The third-order valence-corrected chi connectivity index (χ3v) is 4.28. The Labute approximate surface area is 142 Å². The molecule has 1 aromatic heterocycles. The number of nitrogens with one attached hydrogen (secondary N) is 1. The fourth-order valence-corrected chi connectivity index (χ4v) is 2.98. The van der Waals surface area contributed by atoms with E-state index in [0.29, 0.717) is 12.0 Å². The number of hydrogen-bond donors (Lipinski definition) is 1. The Hall–Kier alpha value is -2.21. The number of likely N-dealkylation sites (tertiary alicyclic amines) is 1. The van der Waals surface area contributed by atoms with Crippen molar-refractivity contribution in [2.24, 2.45) is 0 Å². The first-order valence-electron chi connectivity index (χ1n) is 8.34. The largest absolute Gasteiger partial charge is 0.367 e. The van der Waals surface area contributed by atoms with E-state index in [4.69, 9.17) is 0 Å². The molecule has 5 nitrogen and oxygen atoms in total. The molecule has 3 rings (SSSR count). The normalized spacial score (nSPS) is 16.1. The van der Waals surface area contributed by atoms with Crippen LogP contribution in [0.15, 0.2) is 36.5 Å². The molecule has 2 heterocycles. The maximum Gasteiger partial charge on any atom is 0.226 e. The lowest BCUT2D eigenvalue weighted by Crippen LogP contribution is -2.38. The van der Waals surface area contributed by atoms with Crippen molar-refractivity contribution in [1.29, 1.82) is 0 Å². The van der Waals surface area contributed by atoms with Gasteiger partial charge in [0, 0.05) is 46.0 Å². The van der Waals surface area contributed by atoms with Crippen LogP contribution in [0.3, 0.4) is 0 Å². The molecule has 1 fully saturated rings. The minimum Gasteiger partial charge on any atom is -0.367 e. The number of piperidine rings is 1. The van der Waals surface area contributed by atoms with Gasteiger partial charge in [-0.1, -0.05) is 12.1 Å². The van der Waals surface area contributed by atoms with Crippen molar-refractivity contribution < 1.29 is 4.39 Å². The van der Waals surface area contributed by atoms with E-state index in [2.05, 4.69) is 20.2 Å². The average molecular weight is 329 g/mol. The predicted octanol–water partition coefficient (Wildman–Crippen LogP) is 2.76. The average Bonchev–Trinajstić information content (AvgIpc) is 2.57. The van der Waals surface area contributed by atoms with Gasteiger partial charge in [-0.3, -0.25) is 4.90 Å². The van der Waals surface area contributed by atoms with Gasteiger partial charge in [-0.05, 0) is 36.6 Å². The number of halogens is 1. The lowest BCUT2D eigenvalue weighted by Gasteiger charge is -2.32. The first-order valence-corrected chi connectivity index (χ1v) is 8.34. The molecule has 0 bridgehead atoms. The lowest BCUT2D eigenvalue weighted by molar-refractivity contribution is 0.211. The van der Waals surface area contributed by atoms with Crippen LogP contribution in [0.4, 0.5) is 16.2 Å². The maximum absolute atomic E-state index is 13.3. The molecule has 1 N–H and O–H groups in total. The number of hydrogen-bond acceptors (Lipinski definition) is 5. The third kappa shape index (κ3) is 4.41. The summed E-state index contributed by atoms with van der Waals surface area (Å²) in [5.74, 6) is 1.42. The quantitative estimate of drug-likeness (QED) is 0.914. The van der Waals surface area contributed by atoms with Crippen LogP contribution >= 0.6 is 0 Å². The summed E-state index contributed by atoms with van der Waals surface area (Å²) in [5, 5.41) is 3.51. The van der Waals surface area contributed by atoms with Crippen LogP contribution in [0.2, 0.25) is 0 Å². The maximum atomic E-state index is 13.3. The summed E-state index contributed by atoms with van der Waals surface area (Å²) in [6.07, 6.45) is 3.89. The second-order valence-electron chi connectivity index (χ2n) is 6.46. The Bertz CT molecular complexity index is 668. The zero-order valence-electron chi connectivity index (χ0n) is 14.2. The van der Waals surface area contributed by atoms with E-state index in [1.54, 1.807) is 18.3 Å². The third-order valence-electron chi connectivity index (χ3n) is 4.28. The molecule has 6 heteroatoms. The Morgan fingerprint density at radius 1 is 1.25 bits per heavy atom. The molecule has 0 radical (unpaired) electrons. The highest BCUT2D eigenvalue weighted by molar-refractivity contribution is 5.41. The summed E-state index contributed by atoms with van der Waals surface area (Å²) in [4.78, 5) is 13.0. The Morgan fingerprint density at radius 3 is 2.75 bits per heavy atom. The van der Waals surface area contributed by atoms with E-state index in [0.717, 1.165) is 43.9 Å². The number of anilines is 2. The van der Waals surface area contributed by atoms with Crippen molar-refractivity contribution in [3.8, 4) is 0 Å². The van der Waals surface area contributed by atoms with Crippen molar-refractivity contribution in [2.75, 3.05) is 37.4 Å². The molecule has 2 aromatic rings. The SMILES string of the molecule is CN(C)c1nccc(NC2CCN(Cc3cccc(F)c3)CC2)n1. The van der Waals surface area contributed by atoms with Crippen LogP contribution in [0, 0.1) is 5.82 Å². The highest BCUT2D eigenvalue weighted by Gasteiger charge is 2.19. The Balaban J connectivity index is 1.51. The van der Waals surface area contributed by atoms with Crippen LogP contribution < -0.4 is 10.2 Å². The fourth-order valence-electron chi connectivity index (χ4n) is 2.98. The fraction of sp³-hybridized carbons (Fsp3) is 0.444. The van der Waals surface area contributed by atoms with E-state index in [9.17, 15) is 4.39 Å². The first kappa shape index (κ1) is 16.6. The van der Waals surface area contributed by atoms with Crippen molar-refractivity contribution in [3.63, 3.8) is 0 Å².